The maximum absolute atomic E-state index is 13.4. The van der Waals surface area contributed by atoms with Crippen molar-refractivity contribution in [2.45, 2.75) is 6.92 Å². The van der Waals surface area contributed by atoms with Gasteiger partial charge in [0.15, 0.2) is 5.13 Å². The van der Waals surface area contributed by atoms with Crippen LogP contribution in [0.2, 0.25) is 0 Å². The Morgan fingerprint density at radius 2 is 2.22 bits per heavy atom. The highest BCUT2D eigenvalue weighted by molar-refractivity contribution is 7.14. The zero-order valence-electron chi connectivity index (χ0n) is 10.0. The molecule has 92 valence electrons. The molecule has 0 unspecified atom stereocenters. The minimum Gasteiger partial charge on any atom is -0.365 e. The lowest BCUT2D eigenvalue weighted by Crippen LogP contribution is -1.86. The van der Waals surface area contributed by atoms with Gasteiger partial charge in [0.2, 0.25) is 0 Å². The van der Waals surface area contributed by atoms with Crippen LogP contribution in [-0.2, 0) is 0 Å². The van der Waals surface area contributed by atoms with E-state index in [0.717, 1.165) is 33.0 Å². The minimum absolute atomic E-state index is 0.230. The second-order valence-electron chi connectivity index (χ2n) is 4.10. The second-order valence-corrected chi connectivity index (χ2v) is 4.96. The van der Waals surface area contributed by atoms with E-state index in [4.69, 9.17) is 0 Å². The van der Waals surface area contributed by atoms with Gasteiger partial charge in [-0.2, -0.15) is 0 Å². The summed E-state index contributed by atoms with van der Waals surface area (Å²) in [5, 5.41) is 6.72. The number of rotatable bonds is 2. The van der Waals surface area contributed by atoms with Crippen LogP contribution >= 0.6 is 11.3 Å². The van der Waals surface area contributed by atoms with Crippen LogP contribution < -0.4 is 5.32 Å². The van der Waals surface area contributed by atoms with E-state index < -0.39 is 0 Å². The molecule has 0 spiro atoms. The van der Waals surface area contributed by atoms with Gasteiger partial charge in [-0.1, -0.05) is 0 Å². The van der Waals surface area contributed by atoms with Crippen molar-refractivity contribution in [3.8, 4) is 11.3 Å². The maximum atomic E-state index is 13.4. The monoisotopic (exact) mass is 261 g/mol. The summed E-state index contributed by atoms with van der Waals surface area (Å²) in [4.78, 5) is 7.73. The van der Waals surface area contributed by atoms with Crippen LogP contribution in [0.25, 0.3) is 22.2 Å². The first-order valence-electron chi connectivity index (χ1n) is 5.60. The van der Waals surface area contributed by atoms with E-state index in [-0.39, 0.29) is 5.82 Å². The molecular formula is C13H12FN3S. The Labute approximate surface area is 108 Å². The maximum Gasteiger partial charge on any atom is 0.182 e. The van der Waals surface area contributed by atoms with Crippen LogP contribution in [0, 0.1) is 12.7 Å². The van der Waals surface area contributed by atoms with Crippen molar-refractivity contribution in [1.82, 2.24) is 9.97 Å². The molecule has 0 fully saturated rings. The van der Waals surface area contributed by atoms with E-state index in [1.165, 1.54) is 17.4 Å². The summed E-state index contributed by atoms with van der Waals surface area (Å²) >= 11 is 1.54. The number of halogens is 1. The zero-order chi connectivity index (χ0) is 12.7. The average molecular weight is 261 g/mol. The summed E-state index contributed by atoms with van der Waals surface area (Å²) in [5.74, 6) is -0.230. The van der Waals surface area contributed by atoms with Gasteiger partial charge in [-0.05, 0) is 25.1 Å². The normalized spacial score (nSPS) is 11.1. The van der Waals surface area contributed by atoms with E-state index in [2.05, 4.69) is 15.3 Å². The van der Waals surface area contributed by atoms with Crippen molar-refractivity contribution >= 4 is 27.4 Å². The first-order chi connectivity index (χ1) is 8.69. The molecule has 2 aromatic heterocycles. The van der Waals surface area contributed by atoms with Gasteiger partial charge in [0, 0.05) is 34.6 Å². The van der Waals surface area contributed by atoms with Gasteiger partial charge in [-0.3, -0.25) is 0 Å². The molecule has 1 aromatic carbocycles. The summed E-state index contributed by atoms with van der Waals surface area (Å²) in [6, 6.07) is 4.77. The second kappa shape index (κ2) is 4.10. The van der Waals surface area contributed by atoms with Gasteiger partial charge in [0.05, 0.1) is 5.69 Å². The molecule has 0 amide bonds. The quantitative estimate of drug-likeness (QED) is 0.737. The molecule has 3 nitrogen and oxygen atoms in total. The van der Waals surface area contributed by atoms with Gasteiger partial charge >= 0.3 is 0 Å². The molecule has 18 heavy (non-hydrogen) atoms. The smallest absolute Gasteiger partial charge is 0.182 e. The van der Waals surface area contributed by atoms with Crippen molar-refractivity contribution < 1.29 is 4.39 Å². The number of anilines is 1. The zero-order valence-corrected chi connectivity index (χ0v) is 10.9. The van der Waals surface area contributed by atoms with E-state index in [0.29, 0.717) is 0 Å². The first kappa shape index (κ1) is 11.2. The van der Waals surface area contributed by atoms with Crippen molar-refractivity contribution in [1.29, 1.82) is 0 Å². The molecule has 2 heterocycles. The fraction of sp³-hybridized carbons (Fsp3) is 0.154. The molecule has 0 aliphatic heterocycles. The number of benzene rings is 1. The Bertz CT molecular complexity index is 714. The van der Waals surface area contributed by atoms with Crippen LogP contribution in [0.15, 0.2) is 23.6 Å². The fourth-order valence-electron chi connectivity index (χ4n) is 2.13. The number of H-pyrrole nitrogens is 1. The number of hydrogen-bond donors (Lipinski definition) is 2. The number of aromatic nitrogens is 2. The molecule has 3 rings (SSSR count). The molecule has 3 aromatic rings. The average Bonchev–Trinajstić information content (AvgIpc) is 2.92. The molecule has 0 atom stereocenters. The summed E-state index contributed by atoms with van der Waals surface area (Å²) in [6.45, 7) is 1.98. The van der Waals surface area contributed by atoms with Crippen molar-refractivity contribution in [2.75, 3.05) is 12.4 Å². The van der Waals surface area contributed by atoms with E-state index in [1.807, 2.05) is 19.4 Å². The summed E-state index contributed by atoms with van der Waals surface area (Å²) in [5.41, 5.74) is 3.78. The highest BCUT2D eigenvalue weighted by Crippen LogP contribution is 2.34. The number of fused-ring (bicyclic) bond motifs is 1. The molecule has 0 radical (unpaired) electrons. The lowest BCUT2D eigenvalue weighted by Gasteiger charge is -1.97. The molecule has 5 heteroatoms. The fourth-order valence-corrected chi connectivity index (χ4v) is 2.80. The largest absolute Gasteiger partial charge is 0.365 e. The van der Waals surface area contributed by atoms with E-state index in [9.17, 15) is 4.39 Å². The van der Waals surface area contributed by atoms with Gasteiger partial charge in [0.25, 0.3) is 0 Å². The summed E-state index contributed by atoms with van der Waals surface area (Å²) in [6.07, 6.45) is 0. The van der Waals surface area contributed by atoms with E-state index >= 15 is 0 Å². The minimum atomic E-state index is -0.230. The third-order valence-electron chi connectivity index (χ3n) is 2.92. The number of nitrogens with one attached hydrogen (secondary N) is 2. The van der Waals surface area contributed by atoms with Crippen LogP contribution in [0.5, 0.6) is 0 Å². The standard InChI is InChI=1S/C13H12FN3S/c1-7-12(11-6-18-13(15-2)17-11)9-5-8(14)3-4-10(9)16-7/h3-6,16H,1-2H3,(H,15,17). The predicted molar refractivity (Wildman–Crippen MR) is 73.6 cm³/mol. The first-order valence-corrected chi connectivity index (χ1v) is 6.48. The Hall–Kier alpha value is -1.88. The SMILES string of the molecule is CNc1nc(-c2c(C)[nH]c3ccc(F)cc23)cs1. The number of aromatic amines is 1. The Kier molecular flexibility index (Phi) is 2.56. The van der Waals surface area contributed by atoms with Gasteiger partial charge in [-0.25, -0.2) is 9.37 Å². The molecule has 0 aliphatic carbocycles. The molecule has 0 aliphatic rings. The molecular weight excluding hydrogens is 249 g/mol. The lowest BCUT2D eigenvalue weighted by molar-refractivity contribution is 0.630. The Morgan fingerprint density at radius 3 is 2.94 bits per heavy atom. The summed E-state index contributed by atoms with van der Waals surface area (Å²) < 4.78 is 13.4. The topological polar surface area (TPSA) is 40.7 Å². The molecule has 2 N–H and O–H groups in total. The Morgan fingerprint density at radius 1 is 1.39 bits per heavy atom. The van der Waals surface area contributed by atoms with Gasteiger partial charge in [-0.15, -0.1) is 11.3 Å². The Balaban J connectivity index is 2.26. The highest BCUT2D eigenvalue weighted by Gasteiger charge is 2.13. The lowest BCUT2D eigenvalue weighted by atomic mass is 10.1. The van der Waals surface area contributed by atoms with Crippen molar-refractivity contribution in [3.63, 3.8) is 0 Å². The van der Waals surface area contributed by atoms with Gasteiger partial charge < -0.3 is 10.3 Å². The summed E-state index contributed by atoms with van der Waals surface area (Å²) in [7, 11) is 1.84. The highest BCUT2D eigenvalue weighted by atomic mass is 32.1. The number of hydrogen-bond acceptors (Lipinski definition) is 3. The van der Waals surface area contributed by atoms with Crippen LogP contribution in [0.4, 0.5) is 9.52 Å². The van der Waals surface area contributed by atoms with Crippen molar-refractivity contribution in [2.24, 2.45) is 0 Å². The van der Waals surface area contributed by atoms with Crippen molar-refractivity contribution in [3.05, 3.63) is 35.1 Å². The van der Waals surface area contributed by atoms with Crippen LogP contribution in [-0.4, -0.2) is 17.0 Å². The molecule has 0 saturated carbocycles. The number of nitrogens with zero attached hydrogens (tertiary/aromatic N) is 1. The molecule has 0 bridgehead atoms. The van der Waals surface area contributed by atoms with E-state index in [1.54, 1.807) is 12.1 Å². The van der Waals surface area contributed by atoms with Gasteiger partial charge in [0.1, 0.15) is 5.82 Å². The third-order valence-corrected chi connectivity index (χ3v) is 3.78. The number of aryl methyl sites for hydroxylation is 1. The predicted octanol–water partition coefficient (Wildman–Crippen LogP) is 3.78. The molecule has 0 saturated heterocycles. The number of thiazole rings is 1. The third kappa shape index (κ3) is 1.67. The van der Waals surface area contributed by atoms with Crippen LogP contribution in [0.1, 0.15) is 5.69 Å². The van der Waals surface area contributed by atoms with Crippen LogP contribution in [0.3, 0.4) is 0 Å².